The van der Waals surface area contributed by atoms with Crippen molar-refractivity contribution in [2.75, 3.05) is 31.1 Å². The van der Waals surface area contributed by atoms with E-state index in [0.717, 1.165) is 24.1 Å². The molecule has 3 atom stereocenters. The van der Waals surface area contributed by atoms with Crippen LogP contribution in [0.2, 0.25) is 0 Å². The van der Waals surface area contributed by atoms with Crippen LogP contribution in [-0.2, 0) is 0 Å². The lowest BCUT2D eigenvalue weighted by atomic mass is 9.72. The molecule has 0 unspecified atom stereocenters. The number of fused-ring (bicyclic) bond motifs is 3. The smallest absolute Gasteiger partial charge is 0.321 e. The van der Waals surface area contributed by atoms with Gasteiger partial charge in [-0.25, -0.2) is 9.59 Å². The molecule has 1 fully saturated rings. The van der Waals surface area contributed by atoms with Crippen molar-refractivity contribution in [3.8, 4) is 0 Å². The Bertz CT molecular complexity index is 666. The van der Waals surface area contributed by atoms with Gasteiger partial charge in [0.15, 0.2) is 0 Å². The molecule has 0 aliphatic carbocycles. The fourth-order valence-electron chi connectivity index (χ4n) is 4.01. The number of hydrogen-bond acceptors (Lipinski definition) is 3. The summed E-state index contributed by atoms with van der Waals surface area (Å²) in [7, 11) is 0. The van der Waals surface area contributed by atoms with Crippen LogP contribution in [0.15, 0.2) is 24.3 Å². The standard InChI is InChI=1S/C19H28N4O3/c1-3-9-20-18(25)22-11-15-17(13-7-5-6-8-14(13)22)16(12-24)23(15)19(26)21-10-4-2/h5-8,15-17,24H,3-4,9-12H2,1-2H3,(H,20,25)(H,21,26)/t15-,16-,17+/m1/s1. The number of carbonyl (C=O) groups is 2. The number of para-hydroxylation sites is 1. The van der Waals surface area contributed by atoms with E-state index in [1.165, 1.54) is 0 Å². The Balaban J connectivity index is 1.88. The average Bonchev–Trinajstić information content (AvgIpc) is 2.64. The molecule has 0 bridgehead atoms. The first-order valence-electron chi connectivity index (χ1n) is 9.45. The topological polar surface area (TPSA) is 84.9 Å². The summed E-state index contributed by atoms with van der Waals surface area (Å²) in [5.74, 6) is 0.0544. The number of amides is 4. The molecule has 4 amide bonds. The highest BCUT2D eigenvalue weighted by Gasteiger charge is 2.55. The number of rotatable bonds is 5. The molecule has 0 aromatic heterocycles. The van der Waals surface area contributed by atoms with Crippen LogP contribution in [0.4, 0.5) is 15.3 Å². The molecule has 1 aromatic rings. The fraction of sp³-hybridized carbons (Fsp3) is 0.579. The Morgan fingerprint density at radius 2 is 1.77 bits per heavy atom. The van der Waals surface area contributed by atoms with Crippen LogP contribution in [0.25, 0.3) is 0 Å². The molecular weight excluding hydrogens is 332 g/mol. The fourth-order valence-corrected chi connectivity index (χ4v) is 4.01. The largest absolute Gasteiger partial charge is 0.394 e. The lowest BCUT2D eigenvalue weighted by Crippen LogP contribution is -2.72. The van der Waals surface area contributed by atoms with Gasteiger partial charge in [-0.3, -0.25) is 4.90 Å². The molecule has 0 spiro atoms. The van der Waals surface area contributed by atoms with Crippen LogP contribution in [0, 0.1) is 0 Å². The van der Waals surface area contributed by atoms with Gasteiger partial charge >= 0.3 is 12.1 Å². The number of aliphatic hydroxyl groups is 1. The molecule has 26 heavy (non-hydrogen) atoms. The Hall–Kier alpha value is -2.28. The zero-order valence-electron chi connectivity index (χ0n) is 15.4. The van der Waals surface area contributed by atoms with Crippen molar-refractivity contribution in [1.29, 1.82) is 0 Å². The van der Waals surface area contributed by atoms with Crippen molar-refractivity contribution in [3.05, 3.63) is 29.8 Å². The van der Waals surface area contributed by atoms with Crippen LogP contribution in [0.3, 0.4) is 0 Å². The van der Waals surface area contributed by atoms with Crippen molar-refractivity contribution >= 4 is 17.7 Å². The van der Waals surface area contributed by atoms with E-state index in [2.05, 4.69) is 10.6 Å². The van der Waals surface area contributed by atoms with E-state index in [9.17, 15) is 14.7 Å². The number of likely N-dealkylation sites (tertiary alicyclic amines) is 1. The Morgan fingerprint density at radius 1 is 1.12 bits per heavy atom. The molecular formula is C19H28N4O3. The summed E-state index contributed by atoms with van der Waals surface area (Å²) in [6.07, 6.45) is 1.72. The lowest BCUT2D eigenvalue weighted by molar-refractivity contribution is -0.00687. The van der Waals surface area contributed by atoms with E-state index in [-0.39, 0.29) is 36.7 Å². The number of aliphatic hydroxyl groups excluding tert-OH is 1. The van der Waals surface area contributed by atoms with Crippen molar-refractivity contribution in [3.63, 3.8) is 0 Å². The third kappa shape index (κ3) is 3.11. The molecule has 3 rings (SSSR count). The second kappa shape index (κ2) is 7.95. The highest BCUT2D eigenvalue weighted by Crippen LogP contribution is 2.48. The normalized spacial score (nSPS) is 23.6. The molecule has 7 nitrogen and oxygen atoms in total. The number of urea groups is 2. The maximum absolute atomic E-state index is 12.6. The molecule has 3 N–H and O–H groups in total. The number of anilines is 1. The molecule has 7 heteroatoms. The van der Waals surface area contributed by atoms with Gasteiger partial charge in [0.2, 0.25) is 0 Å². The molecule has 2 aliphatic heterocycles. The van der Waals surface area contributed by atoms with Crippen molar-refractivity contribution < 1.29 is 14.7 Å². The van der Waals surface area contributed by atoms with Crippen LogP contribution in [0.5, 0.6) is 0 Å². The number of nitrogens with zero attached hydrogens (tertiary/aromatic N) is 2. The van der Waals surface area contributed by atoms with Crippen molar-refractivity contribution in [1.82, 2.24) is 15.5 Å². The SMILES string of the molecule is CCCNC(=O)N1C[C@@H]2[C@H](c3ccccc31)[C@@H](CO)N2C(=O)NCCC. The van der Waals surface area contributed by atoms with Gasteiger partial charge in [-0.05, 0) is 24.5 Å². The summed E-state index contributed by atoms with van der Waals surface area (Å²) in [6, 6.07) is 7.11. The number of carbonyl (C=O) groups excluding carboxylic acids is 2. The summed E-state index contributed by atoms with van der Waals surface area (Å²) < 4.78 is 0. The molecule has 0 saturated carbocycles. The molecule has 2 aliphatic rings. The lowest BCUT2D eigenvalue weighted by Gasteiger charge is -2.58. The van der Waals surface area contributed by atoms with Crippen LogP contribution < -0.4 is 15.5 Å². The second-order valence-corrected chi connectivity index (χ2v) is 6.88. The van der Waals surface area contributed by atoms with Gasteiger partial charge < -0.3 is 20.6 Å². The van der Waals surface area contributed by atoms with Gasteiger partial charge in [0.1, 0.15) is 0 Å². The zero-order valence-corrected chi connectivity index (χ0v) is 15.4. The van der Waals surface area contributed by atoms with Gasteiger partial charge in [0.25, 0.3) is 0 Å². The monoisotopic (exact) mass is 360 g/mol. The number of hydrogen-bond donors (Lipinski definition) is 3. The summed E-state index contributed by atoms with van der Waals surface area (Å²) in [5, 5.41) is 15.7. The van der Waals surface area contributed by atoms with Gasteiger partial charge in [0.05, 0.1) is 18.7 Å². The minimum Gasteiger partial charge on any atom is -0.394 e. The van der Waals surface area contributed by atoms with Crippen molar-refractivity contribution in [2.24, 2.45) is 0 Å². The van der Waals surface area contributed by atoms with Gasteiger partial charge in [-0.2, -0.15) is 0 Å². The van der Waals surface area contributed by atoms with E-state index in [4.69, 9.17) is 0 Å². The van der Waals surface area contributed by atoms with Gasteiger partial charge in [-0.1, -0.05) is 32.0 Å². The summed E-state index contributed by atoms with van der Waals surface area (Å²) >= 11 is 0. The highest BCUT2D eigenvalue weighted by atomic mass is 16.3. The average molecular weight is 360 g/mol. The van der Waals surface area contributed by atoms with Gasteiger partial charge in [-0.15, -0.1) is 0 Å². The minimum atomic E-state index is -0.251. The number of nitrogens with one attached hydrogen (secondary N) is 2. The van der Waals surface area contributed by atoms with E-state index in [1.807, 2.05) is 38.1 Å². The van der Waals surface area contributed by atoms with Gasteiger partial charge in [0, 0.05) is 31.2 Å². The Morgan fingerprint density at radius 3 is 2.42 bits per heavy atom. The van der Waals surface area contributed by atoms with E-state index in [1.54, 1.807) is 9.80 Å². The van der Waals surface area contributed by atoms with Crippen LogP contribution in [0.1, 0.15) is 38.2 Å². The van der Waals surface area contributed by atoms with E-state index in [0.29, 0.717) is 19.6 Å². The Labute approximate surface area is 154 Å². The van der Waals surface area contributed by atoms with E-state index < -0.39 is 0 Å². The quantitative estimate of drug-likeness (QED) is 0.749. The molecule has 0 radical (unpaired) electrons. The molecule has 1 saturated heterocycles. The molecule has 2 heterocycles. The Kier molecular flexibility index (Phi) is 5.66. The number of benzene rings is 1. The first kappa shape index (κ1) is 18.5. The molecule has 142 valence electrons. The van der Waals surface area contributed by atoms with Crippen LogP contribution >= 0.6 is 0 Å². The summed E-state index contributed by atoms with van der Waals surface area (Å²) in [4.78, 5) is 28.6. The third-order valence-electron chi connectivity index (χ3n) is 5.22. The zero-order chi connectivity index (χ0) is 18.7. The predicted molar refractivity (Wildman–Crippen MR) is 100 cm³/mol. The summed E-state index contributed by atoms with van der Waals surface area (Å²) in [5.41, 5.74) is 1.89. The minimum absolute atomic E-state index is 0.0544. The molecule has 1 aromatic carbocycles. The first-order chi connectivity index (χ1) is 12.6. The maximum atomic E-state index is 12.6. The third-order valence-corrected chi connectivity index (χ3v) is 5.22. The maximum Gasteiger partial charge on any atom is 0.321 e. The van der Waals surface area contributed by atoms with Crippen LogP contribution in [-0.4, -0.2) is 60.4 Å². The second-order valence-electron chi connectivity index (χ2n) is 6.88. The van der Waals surface area contributed by atoms with E-state index >= 15 is 0 Å². The van der Waals surface area contributed by atoms with Crippen molar-refractivity contribution in [2.45, 2.75) is 44.7 Å². The summed E-state index contributed by atoms with van der Waals surface area (Å²) in [6.45, 7) is 5.58. The highest BCUT2D eigenvalue weighted by molar-refractivity contribution is 5.94. The predicted octanol–water partition coefficient (Wildman–Crippen LogP) is 1.87. The first-order valence-corrected chi connectivity index (χ1v) is 9.45.